The highest BCUT2D eigenvalue weighted by atomic mass is 19.4. The summed E-state index contributed by atoms with van der Waals surface area (Å²) < 4.78 is 40.1. The summed E-state index contributed by atoms with van der Waals surface area (Å²) in [4.78, 5) is 0. The maximum absolute atomic E-state index is 11.8. The van der Waals surface area contributed by atoms with E-state index in [-0.39, 0.29) is 6.61 Å². The molecule has 0 aromatic heterocycles. The van der Waals surface area contributed by atoms with Crippen molar-refractivity contribution in [2.75, 3.05) is 26.3 Å². The Morgan fingerprint density at radius 1 is 1.29 bits per heavy atom. The molecule has 0 unspecified atom stereocenters. The number of rotatable bonds is 8. The summed E-state index contributed by atoms with van der Waals surface area (Å²) in [6, 6.07) is 0. The number of halogens is 3. The topological polar surface area (TPSA) is 21.3 Å². The second kappa shape index (κ2) is 6.59. The zero-order chi connectivity index (χ0) is 12.8. The molecule has 1 saturated carbocycles. The molecule has 0 atom stereocenters. The first-order valence-electron chi connectivity index (χ1n) is 6.33. The Balaban J connectivity index is 2.08. The normalized spacial score (nSPS) is 19.1. The second-order valence-electron chi connectivity index (χ2n) is 4.91. The summed E-state index contributed by atoms with van der Waals surface area (Å²) in [5.74, 6) is 0. The van der Waals surface area contributed by atoms with Gasteiger partial charge in [-0.25, -0.2) is 0 Å². The fourth-order valence-corrected chi connectivity index (χ4v) is 2.32. The molecular formula is C12H22F3NO. The Hall–Kier alpha value is -0.290. The van der Waals surface area contributed by atoms with Crippen LogP contribution in [0.5, 0.6) is 0 Å². The van der Waals surface area contributed by atoms with Crippen LogP contribution in [0, 0.1) is 5.41 Å². The van der Waals surface area contributed by atoms with Crippen molar-refractivity contribution in [2.45, 2.75) is 45.2 Å². The van der Waals surface area contributed by atoms with Gasteiger partial charge in [0.1, 0.15) is 6.61 Å². The van der Waals surface area contributed by atoms with Crippen molar-refractivity contribution in [3.05, 3.63) is 0 Å². The van der Waals surface area contributed by atoms with E-state index in [0.29, 0.717) is 5.41 Å². The van der Waals surface area contributed by atoms with Gasteiger partial charge in [-0.15, -0.1) is 0 Å². The Morgan fingerprint density at radius 3 is 2.47 bits per heavy atom. The second-order valence-corrected chi connectivity index (χ2v) is 4.91. The molecule has 1 aliphatic rings. The first-order chi connectivity index (χ1) is 7.97. The van der Waals surface area contributed by atoms with E-state index in [0.717, 1.165) is 25.9 Å². The summed E-state index contributed by atoms with van der Waals surface area (Å²) in [5.41, 5.74) is 0.331. The van der Waals surface area contributed by atoms with E-state index in [2.05, 4.69) is 17.0 Å². The van der Waals surface area contributed by atoms with Crippen molar-refractivity contribution in [1.82, 2.24) is 5.32 Å². The summed E-state index contributed by atoms with van der Waals surface area (Å²) in [5, 5.41) is 3.34. The molecule has 5 heteroatoms. The van der Waals surface area contributed by atoms with Crippen LogP contribution in [0.25, 0.3) is 0 Å². The minimum Gasteiger partial charge on any atom is -0.372 e. The maximum atomic E-state index is 11.8. The lowest BCUT2D eigenvalue weighted by molar-refractivity contribution is -0.174. The van der Waals surface area contributed by atoms with E-state index in [9.17, 15) is 13.2 Å². The van der Waals surface area contributed by atoms with Crippen LogP contribution >= 0.6 is 0 Å². The van der Waals surface area contributed by atoms with E-state index in [1.165, 1.54) is 19.3 Å². The lowest BCUT2D eigenvalue weighted by Crippen LogP contribution is -2.40. The molecule has 0 heterocycles. The SMILES string of the molecule is CCNCC1(CCCOCC(F)(F)F)CCC1. The first kappa shape index (κ1) is 14.8. The minimum absolute atomic E-state index is 0.216. The third-order valence-corrected chi connectivity index (χ3v) is 3.43. The van der Waals surface area contributed by atoms with Crippen molar-refractivity contribution >= 4 is 0 Å². The fourth-order valence-electron chi connectivity index (χ4n) is 2.32. The number of alkyl halides is 3. The van der Waals surface area contributed by atoms with Gasteiger partial charge in [0, 0.05) is 13.2 Å². The largest absolute Gasteiger partial charge is 0.411 e. The van der Waals surface area contributed by atoms with Gasteiger partial charge in [0.2, 0.25) is 0 Å². The average Bonchev–Trinajstić information content (AvgIpc) is 2.18. The molecule has 1 N–H and O–H groups in total. The monoisotopic (exact) mass is 253 g/mol. The zero-order valence-electron chi connectivity index (χ0n) is 10.4. The van der Waals surface area contributed by atoms with Crippen LogP contribution in [0.2, 0.25) is 0 Å². The van der Waals surface area contributed by atoms with Crippen molar-refractivity contribution in [3.8, 4) is 0 Å². The molecule has 0 bridgehead atoms. The van der Waals surface area contributed by atoms with Gasteiger partial charge >= 0.3 is 6.18 Å². The van der Waals surface area contributed by atoms with Crippen LogP contribution < -0.4 is 5.32 Å². The molecule has 1 aliphatic carbocycles. The van der Waals surface area contributed by atoms with E-state index in [1.807, 2.05) is 0 Å². The third kappa shape index (κ3) is 5.73. The zero-order valence-corrected chi connectivity index (χ0v) is 10.4. The number of nitrogens with one attached hydrogen (secondary N) is 1. The highest BCUT2D eigenvalue weighted by molar-refractivity contribution is 4.89. The van der Waals surface area contributed by atoms with Gasteiger partial charge in [0.25, 0.3) is 0 Å². The van der Waals surface area contributed by atoms with Gasteiger partial charge in [0.15, 0.2) is 0 Å². The van der Waals surface area contributed by atoms with E-state index >= 15 is 0 Å². The quantitative estimate of drug-likeness (QED) is 0.671. The van der Waals surface area contributed by atoms with Gasteiger partial charge in [-0.2, -0.15) is 13.2 Å². The summed E-state index contributed by atoms with van der Waals surface area (Å²) in [7, 11) is 0. The van der Waals surface area contributed by atoms with Crippen LogP contribution in [0.4, 0.5) is 13.2 Å². The smallest absolute Gasteiger partial charge is 0.372 e. The Kier molecular flexibility index (Phi) is 5.73. The highest BCUT2D eigenvalue weighted by Gasteiger charge is 2.35. The van der Waals surface area contributed by atoms with Crippen LogP contribution in [0.15, 0.2) is 0 Å². The number of ether oxygens (including phenoxy) is 1. The molecule has 1 fully saturated rings. The molecule has 0 spiro atoms. The lowest BCUT2D eigenvalue weighted by Gasteiger charge is -2.42. The third-order valence-electron chi connectivity index (χ3n) is 3.43. The molecule has 0 radical (unpaired) electrons. The van der Waals surface area contributed by atoms with E-state index in [1.54, 1.807) is 0 Å². The van der Waals surface area contributed by atoms with Crippen molar-refractivity contribution in [1.29, 1.82) is 0 Å². The summed E-state index contributed by atoms with van der Waals surface area (Å²) in [6.07, 6.45) is 1.13. The minimum atomic E-state index is -4.20. The van der Waals surface area contributed by atoms with Crippen LogP contribution in [0.1, 0.15) is 39.0 Å². The van der Waals surface area contributed by atoms with Gasteiger partial charge < -0.3 is 10.1 Å². The maximum Gasteiger partial charge on any atom is 0.411 e. The standard InChI is InChI=1S/C12H22F3NO/c1-2-16-9-11(5-3-6-11)7-4-8-17-10-12(13,14)15/h16H,2-10H2,1H3. The Labute approximate surface area is 101 Å². The summed E-state index contributed by atoms with van der Waals surface area (Å²) >= 11 is 0. The van der Waals surface area contributed by atoms with Crippen molar-refractivity contribution < 1.29 is 17.9 Å². The first-order valence-corrected chi connectivity index (χ1v) is 6.33. The molecule has 0 amide bonds. The molecule has 17 heavy (non-hydrogen) atoms. The van der Waals surface area contributed by atoms with E-state index < -0.39 is 12.8 Å². The molecule has 1 rings (SSSR count). The molecule has 102 valence electrons. The van der Waals surface area contributed by atoms with Gasteiger partial charge in [-0.3, -0.25) is 0 Å². The Morgan fingerprint density at radius 2 is 2.00 bits per heavy atom. The molecule has 0 aromatic rings. The molecule has 0 aliphatic heterocycles. The van der Waals surface area contributed by atoms with Crippen molar-refractivity contribution in [3.63, 3.8) is 0 Å². The predicted molar refractivity (Wildman–Crippen MR) is 60.9 cm³/mol. The van der Waals surface area contributed by atoms with Crippen molar-refractivity contribution in [2.24, 2.45) is 5.41 Å². The van der Waals surface area contributed by atoms with E-state index in [4.69, 9.17) is 0 Å². The Bertz CT molecular complexity index is 214. The van der Waals surface area contributed by atoms with Crippen LogP contribution in [-0.4, -0.2) is 32.5 Å². The fraction of sp³-hybridized carbons (Fsp3) is 1.00. The molecule has 0 saturated heterocycles. The number of hydrogen-bond donors (Lipinski definition) is 1. The van der Waals surface area contributed by atoms with Crippen LogP contribution in [-0.2, 0) is 4.74 Å². The molecule has 0 aromatic carbocycles. The lowest BCUT2D eigenvalue weighted by atomic mass is 9.66. The predicted octanol–water partition coefficient (Wildman–Crippen LogP) is 3.13. The number of hydrogen-bond acceptors (Lipinski definition) is 2. The van der Waals surface area contributed by atoms with Gasteiger partial charge in [-0.1, -0.05) is 13.3 Å². The average molecular weight is 253 g/mol. The molecule has 2 nitrogen and oxygen atoms in total. The highest BCUT2D eigenvalue weighted by Crippen LogP contribution is 2.44. The van der Waals surface area contributed by atoms with Crippen LogP contribution in [0.3, 0.4) is 0 Å². The van der Waals surface area contributed by atoms with Gasteiger partial charge in [-0.05, 0) is 37.6 Å². The van der Waals surface area contributed by atoms with Gasteiger partial charge in [0.05, 0.1) is 0 Å². The molecular weight excluding hydrogens is 231 g/mol. The summed E-state index contributed by atoms with van der Waals surface area (Å²) in [6.45, 7) is 3.11.